The molecule has 0 N–H and O–H groups in total. The van der Waals surface area contributed by atoms with Crippen LogP contribution in [0.2, 0.25) is 0 Å². The van der Waals surface area contributed by atoms with E-state index in [1.165, 1.54) is 12.1 Å². The number of aromatic nitrogens is 1. The fraction of sp³-hybridized carbons (Fsp3) is 0.217. The lowest BCUT2D eigenvalue weighted by Gasteiger charge is -2.28. The van der Waals surface area contributed by atoms with Gasteiger partial charge >= 0.3 is 0 Å². The highest BCUT2D eigenvalue weighted by atomic mass is 32.2. The Balaban J connectivity index is 1.78. The van der Waals surface area contributed by atoms with E-state index in [9.17, 15) is 9.65 Å². The van der Waals surface area contributed by atoms with Crippen molar-refractivity contribution in [3.05, 3.63) is 82.8 Å². The molecule has 0 atom stereocenters. The zero-order valence-electron chi connectivity index (χ0n) is 15.7. The summed E-state index contributed by atoms with van der Waals surface area (Å²) >= 11 is 1.54. The second-order valence-electron chi connectivity index (χ2n) is 6.97. The summed E-state index contributed by atoms with van der Waals surface area (Å²) in [6.45, 7) is 1.76. The van der Waals surface area contributed by atoms with E-state index in [2.05, 4.69) is 30.1 Å². The van der Waals surface area contributed by atoms with Gasteiger partial charge in [-0.3, -0.25) is 0 Å². The quantitative estimate of drug-likeness (QED) is 0.586. The predicted octanol–water partition coefficient (Wildman–Crippen LogP) is 5.04. The summed E-state index contributed by atoms with van der Waals surface area (Å²) in [5, 5.41) is 10.8. The third kappa shape index (κ3) is 3.80. The lowest BCUT2D eigenvalue weighted by atomic mass is 9.92. The van der Waals surface area contributed by atoms with E-state index >= 15 is 0 Å². The Morgan fingerprint density at radius 3 is 2.61 bits per heavy atom. The SMILES string of the molecule is CN1CCc2nc(SCc3ccc(F)cc3)c(C#N)c(-c3ccccc3)c2C1. The van der Waals surface area contributed by atoms with Crippen LogP contribution in [0.3, 0.4) is 0 Å². The van der Waals surface area contributed by atoms with Crippen LogP contribution in [0, 0.1) is 17.1 Å². The number of fused-ring (bicyclic) bond motifs is 1. The summed E-state index contributed by atoms with van der Waals surface area (Å²) in [7, 11) is 2.10. The average molecular weight is 389 g/mol. The fourth-order valence-electron chi connectivity index (χ4n) is 3.53. The number of pyridine rings is 1. The van der Waals surface area contributed by atoms with E-state index < -0.39 is 0 Å². The highest BCUT2D eigenvalue weighted by Crippen LogP contribution is 2.37. The Kier molecular flexibility index (Phi) is 5.43. The van der Waals surface area contributed by atoms with E-state index in [1.54, 1.807) is 23.9 Å². The van der Waals surface area contributed by atoms with Gasteiger partial charge in [-0.1, -0.05) is 42.5 Å². The van der Waals surface area contributed by atoms with Crippen molar-refractivity contribution in [1.29, 1.82) is 5.26 Å². The first-order valence-corrected chi connectivity index (χ1v) is 10.2. The molecule has 3 nitrogen and oxygen atoms in total. The minimum Gasteiger partial charge on any atom is -0.302 e. The monoisotopic (exact) mass is 389 g/mol. The zero-order valence-corrected chi connectivity index (χ0v) is 16.5. The molecule has 4 rings (SSSR count). The van der Waals surface area contributed by atoms with Gasteiger partial charge in [0.25, 0.3) is 0 Å². The number of hydrogen-bond acceptors (Lipinski definition) is 4. The third-order valence-electron chi connectivity index (χ3n) is 4.97. The minimum absolute atomic E-state index is 0.242. The molecular weight excluding hydrogens is 369 g/mol. The fourth-order valence-corrected chi connectivity index (χ4v) is 4.50. The molecule has 0 bridgehead atoms. The molecule has 0 saturated carbocycles. The van der Waals surface area contributed by atoms with Crippen LogP contribution < -0.4 is 0 Å². The molecular formula is C23H20FN3S. The Labute approximate surface area is 168 Å². The van der Waals surface area contributed by atoms with Crippen molar-refractivity contribution in [1.82, 2.24) is 9.88 Å². The molecule has 5 heteroatoms. The second kappa shape index (κ2) is 8.14. The number of thioether (sulfide) groups is 1. The number of nitrogens with zero attached hydrogens (tertiary/aromatic N) is 3. The van der Waals surface area contributed by atoms with Crippen molar-refractivity contribution in [2.24, 2.45) is 0 Å². The largest absolute Gasteiger partial charge is 0.302 e. The zero-order chi connectivity index (χ0) is 19.5. The van der Waals surface area contributed by atoms with Gasteiger partial charge in [-0.25, -0.2) is 9.37 Å². The van der Waals surface area contributed by atoms with Gasteiger partial charge in [-0.15, -0.1) is 11.8 Å². The Morgan fingerprint density at radius 1 is 1.14 bits per heavy atom. The van der Waals surface area contributed by atoms with Crippen molar-refractivity contribution in [3.8, 4) is 17.2 Å². The van der Waals surface area contributed by atoms with Crippen LogP contribution in [-0.2, 0) is 18.7 Å². The topological polar surface area (TPSA) is 39.9 Å². The number of rotatable bonds is 4. The van der Waals surface area contributed by atoms with Gasteiger partial charge in [0.05, 0.1) is 5.56 Å². The number of likely N-dealkylation sites (N-methyl/N-ethyl adjacent to an activating group) is 1. The van der Waals surface area contributed by atoms with Gasteiger partial charge < -0.3 is 4.90 Å². The molecule has 0 radical (unpaired) electrons. The Hall–Kier alpha value is -2.68. The molecule has 1 aliphatic heterocycles. The predicted molar refractivity (Wildman–Crippen MR) is 110 cm³/mol. The maximum atomic E-state index is 13.2. The summed E-state index contributed by atoms with van der Waals surface area (Å²) < 4.78 is 13.2. The van der Waals surface area contributed by atoms with Gasteiger partial charge in [0, 0.05) is 36.5 Å². The van der Waals surface area contributed by atoms with Gasteiger partial charge in [0.15, 0.2) is 0 Å². The average Bonchev–Trinajstić information content (AvgIpc) is 2.73. The maximum absolute atomic E-state index is 13.2. The third-order valence-corrected chi connectivity index (χ3v) is 6.02. The highest BCUT2D eigenvalue weighted by Gasteiger charge is 2.24. The number of nitriles is 1. The molecule has 0 fully saturated rings. The van der Waals surface area contributed by atoms with E-state index in [-0.39, 0.29) is 5.82 Å². The highest BCUT2D eigenvalue weighted by molar-refractivity contribution is 7.98. The number of hydrogen-bond donors (Lipinski definition) is 0. The normalized spacial score (nSPS) is 13.8. The van der Waals surface area contributed by atoms with Gasteiger partial charge in [0.2, 0.25) is 0 Å². The first kappa shape index (κ1) is 18.7. The Morgan fingerprint density at radius 2 is 1.89 bits per heavy atom. The van der Waals surface area contributed by atoms with E-state index in [0.717, 1.165) is 52.5 Å². The molecule has 1 aromatic heterocycles. The van der Waals surface area contributed by atoms with Crippen LogP contribution in [0.25, 0.3) is 11.1 Å². The summed E-state index contributed by atoms with van der Waals surface area (Å²) in [6, 6.07) is 19.0. The van der Waals surface area contributed by atoms with Crippen LogP contribution >= 0.6 is 11.8 Å². The van der Waals surface area contributed by atoms with Crippen molar-refractivity contribution in [2.75, 3.05) is 13.6 Å². The van der Waals surface area contributed by atoms with Crippen molar-refractivity contribution >= 4 is 11.8 Å². The molecule has 0 unspecified atom stereocenters. The molecule has 1 aliphatic rings. The maximum Gasteiger partial charge on any atom is 0.123 e. The van der Waals surface area contributed by atoms with Gasteiger partial charge in [-0.05, 0) is 35.9 Å². The second-order valence-corrected chi connectivity index (χ2v) is 7.94. The van der Waals surface area contributed by atoms with E-state index in [0.29, 0.717) is 11.3 Å². The smallest absolute Gasteiger partial charge is 0.123 e. The molecule has 28 heavy (non-hydrogen) atoms. The van der Waals surface area contributed by atoms with Crippen LogP contribution in [0.5, 0.6) is 0 Å². The molecule has 0 spiro atoms. The number of halogens is 1. The molecule has 0 saturated heterocycles. The van der Waals surface area contributed by atoms with Crippen LogP contribution in [0.4, 0.5) is 4.39 Å². The Bertz CT molecular complexity index is 1030. The molecule has 0 aliphatic carbocycles. The summed E-state index contributed by atoms with van der Waals surface area (Å²) in [6.07, 6.45) is 0.876. The number of benzene rings is 2. The molecule has 0 amide bonds. The van der Waals surface area contributed by atoms with Crippen LogP contribution in [0.15, 0.2) is 59.6 Å². The van der Waals surface area contributed by atoms with Crippen molar-refractivity contribution in [2.45, 2.75) is 23.7 Å². The van der Waals surface area contributed by atoms with Crippen molar-refractivity contribution < 1.29 is 4.39 Å². The minimum atomic E-state index is -0.242. The molecule has 140 valence electrons. The summed E-state index contributed by atoms with van der Waals surface area (Å²) in [5.74, 6) is 0.406. The standard InChI is InChI=1S/C23H20FN3S/c1-27-12-11-21-20(14-27)22(17-5-3-2-4-6-17)19(13-25)23(26-21)28-15-16-7-9-18(24)10-8-16/h2-10H,11-12,14-15H2,1H3. The molecule has 2 heterocycles. The van der Waals surface area contributed by atoms with Gasteiger partial charge in [-0.2, -0.15) is 5.26 Å². The van der Waals surface area contributed by atoms with Crippen LogP contribution in [-0.4, -0.2) is 23.5 Å². The first-order chi connectivity index (χ1) is 13.7. The lowest BCUT2D eigenvalue weighted by molar-refractivity contribution is 0.309. The molecule has 3 aromatic rings. The van der Waals surface area contributed by atoms with E-state index in [1.807, 2.05) is 18.2 Å². The summed E-state index contributed by atoms with van der Waals surface area (Å²) in [4.78, 5) is 7.14. The molecule has 2 aromatic carbocycles. The van der Waals surface area contributed by atoms with Crippen LogP contribution in [0.1, 0.15) is 22.4 Å². The summed E-state index contributed by atoms with van der Waals surface area (Å²) in [5.41, 5.74) is 5.93. The van der Waals surface area contributed by atoms with Gasteiger partial charge in [0.1, 0.15) is 16.9 Å². The van der Waals surface area contributed by atoms with E-state index in [4.69, 9.17) is 4.98 Å². The van der Waals surface area contributed by atoms with Crippen molar-refractivity contribution in [3.63, 3.8) is 0 Å². The lowest BCUT2D eigenvalue weighted by Crippen LogP contribution is -2.28. The first-order valence-electron chi connectivity index (χ1n) is 9.22.